The molecule has 7 nitrogen and oxygen atoms in total. The van der Waals surface area contributed by atoms with Crippen LogP contribution in [-0.2, 0) is 16.1 Å². The molecule has 34 heavy (non-hydrogen) atoms. The van der Waals surface area contributed by atoms with Crippen molar-refractivity contribution in [3.63, 3.8) is 0 Å². The molecule has 2 N–H and O–H groups in total. The van der Waals surface area contributed by atoms with Gasteiger partial charge >= 0.3 is 5.97 Å². The summed E-state index contributed by atoms with van der Waals surface area (Å²) in [6.07, 6.45) is 7.04. The Morgan fingerprint density at radius 2 is 1.82 bits per heavy atom. The van der Waals surface area contributed by atoms with Crippen molar-refractivity contribution in [3.8, 4) is 0 Å². The molecule has 0 fully saturated rings. The van der Waals surface area contributed by atoms with Gasteiger partial charge in [-0.2, -0.15) is 0 Å². The molecule has 1 aliphatic heterocycles. The Kier molecular flexibility index (Phi) is 5.79. The number of fused-ring (bicyclic) bond motifs is 2. The number of nitrogens with one attached hydrogen (secondary N) is 1. The summed E-state index contributed by atoms with van der Waals surface area (Å²) in [5.41, 5.74) is 2.76. The Hall–Kier alpha value is -3.71. The van der Waals surface area contributed by atoms with Gasteiger partial charge in [0.05, 0.1) is 22.7 Å². The molecule has 1 aliphatic carbocycles. The van der Waals surface area contributed by atoms with Crippen molar-refractivity contribution >= 4 is 51.7 Å². The summed E-state index contributed by atoms with van der Waals surface area (Å²) in [4.78, 5) is 42.2. The Balaban J connectivity index is 1.47. The fourth-order valence-electron chi connectivity index (χ4n) is 4.60. The minimum absolute atomic E-state index is 0.124. The standard InChI is InChI=1S/C26H22ClN3O4/c27-17-7-5-15(6-8-17)13-16-11-12-30-23(16)29-22-14-18(9-10-21(22)25(30)32)28-24(31)19-3-1-2-4-20(19)26(33)34/h1-2,5-10,13-14,19-20H,3-4,11-12H2,(H,28,31)(H,33,34)/t19-,20+/m0/s1. The van der Waals surface area contributed by atoms with Crippen molar-refractivity contribution in [1.82, 2.24) is 9.55 Å². The van der Waals surface area contributed by atoms with Crippen LogP contribution in [0.5, 0.6) is 0 Å². The number of hydrogen-bond donors (Lipinski definition) is 2. The van der Waals surface area contributed by atoms with Crippen LogP contribution in [-0.4, -0.2) is 26.5 Å². The first kappa shape index (κ1) is 22.1. The van der Waals surface area contributed by atoms with Gasteiger partial charge in [-0.3, -0.25) is 19.0 Å². The van der Waals surface area contributed by atoms with Crippen molar-refractivity contribution < 1.29 is 14.7 Å². The zero-order valence-electron chi connectivity index (χ0n) is 18.2. The number of aliphatic carboxylic acids is 1. The van der Waals surface area contributed by atoms with E-state index in [4.69, 9.17) is 16.6 Å². The third-order valence-corrected chi connectivity index (χ3v) is 6.66. The quantitative estimate of drug-likeness (QED) is 0.537. The monoisotopic (exact) mass is 475 g/mol. The zero-order chi connectivity index (χ0) is 23.8. The predicted octanol–water partition coefficient (Wildman–Crippen LogP) is 4.60. The Labute approximate surface area is 200 Å². The van der Waals surface area contributed by atoms with Crippen molar-refractivity contribution in [2.45, 2.75) is 25.8 Å². The zero-order valence-corrected chi connectivity index (χ0v) is 19.0. The molecule has 2 aromatic carbocycles. The van der Waals surface area contributed by atoms with Crippen molar-refractivity contribution in [2.24, 2.45) is 11.8 Å². The number of carbonyl (C=O) groups excluding carboxylic acids is 1. The number of benzene rings is 2. The van der Waals surface area contributed by atoms with Gasteiger partial charge in [0.25, 0.3) is 5.56 Å². The van der Waals surface area contributed by atoms with Gasteiger partial charge in [0.1, 0.15) is 5.82 Å². The summed E-state index contributed by atoms with van der Waals surface area (Å²) < 4.78 is 1.67. The van der Waals surface area contributed by atoms with Crippen molar-refractivity contribution in [3.05, 3.63) is 81.4 Å². The second-order valence-corrected chi connectivity index (χ2v) is 9.01. The van der Waals surface area contributed by atoms with E-state index >= 15 is 0 Å². The summed E-state index contributed by atoms with van der Waals surface area (Å²) in [5, 5.41) is 13.4. The largest absolute Gasteiger partial charge is 0.481 e. The first-order chi connectivity index (χ1) is 16.4. The molecule has 2 atom stereocenters. The van der Waals surface area contributed by atoms with E-state index in [1.807, 2.05) is 36.4 Å². The van der Waals surface area contributed by atoms with Gasteiger partial charge in [0.2, 0.25) is 5.91 Å². The van der Waals surface area contributed by atoms with Crippen molar-refractivity contribution in [1.29, 1.82) is 0 Å². The molecule has 5 rings (SSSR count). The topological polar surface area (TPSA) is 101 Å². The lowest BCUT2D eigenvalue weighted by molar-refractivity contribution is -0.146. The molecule has 0 unspecified atom stereocenters. The number of anilines is 1. The van der Waals surface area contributed by atoms with E-state index in [1.165, 1.54) is 0 Å². The predicted molar refractivity (Wildman–Crippen MR) is 132 cm³/mol. The normalized spacial score (nSPS) is 20.4. The van der Waals surface area contributed by atoms with Crippen LogP contribution >= 0.6 is 11.6 Å². The van der Waals surface area contributed by atoms with Gasteiger partial charge in [-0.1, -0.05) is 35.9 Å². The average molecular weight is 476 g/mol. The minimum atomic E-state index is -0.978. The number of carboxylic acid groups (broad SMARTS) is 1. The van der Waals surface area contributed by atoms with Crippen LogP contribution in [0, 0.1) is 11.8 Å². The number of nitrogens with zero attached hydrogens (tertiary/aromatic N) is 2. The third-order valence-electron chi connectivity index (χ3n) is 6.41. The molecule has 8 heteroatoms. The summed E-state index contributed by atoms with van der Waals surface area (Å²) in [6, 6.07) is 12.4. The molecule has 3 aromatic rings. The molecule has 0 radical (unpaired) electrons. The van der Waals surface area contributed by atoms with Crippen LogP contribution in [0.3, 0.4) is 0 Å². The summed E-state index contributed by atoms with van der Waals surface area (Å²) in [7, 11) is 0. The Morgan fingerprint density at radius 1 is 1.09 bits per heavy atom. The van der Waals surface area contributed by atoms with E-state index in [9.17, 15) is 19.5 Å². The van der Waals surface area contributed by atoms with Crippen LogP contribution in [0.4, 0.5) is 5.69 Å². The van der Waals surface area contributed by atoms with Crippen LogP contribution in [0.15, 0.2) is 59.4 Å². The fourth-order valence-corrected chi connectivity index (χ4v) is 4.73. The lowest BCUT2D eigenvalue weighted by Crippen LogP contribution is -2.34. The number of allylic oxidation sites excluding steroid dienone is 3. The van der Waals surface area contributed by atoms with E-state index in [0.717, 1.165) is 11.1 Å². The van der Waals surface area contributed by atoms with Crippen LogP contribution in [0.25, 0.3) is 22.6 Å². The first-order valence-corrected chi connectivity index (χ1v) is 11.5. The number of aromatic nitrogens is 2. The van der Waals surface area contributed by atoms with Gasteiger partial charge in [-0.25, -0.2) is 4.98 Å². The van der Waals surface area contributed by atoms with Gasteiger partial charge < -0.3 is 10.4 Å². The molecule has 1 amide bonds. The van der Waals surface area contributed by atoms with Crippen LogP contribution in [0.2, 0.25) is 5.02 Å². The second kappa shape index (κ2) is 8.91. The van der Waals surface area contributed by atoms with E-state index in [1.54, 1.807) is 28.8 Å². The number of rotatable bonds is 4. The summed E-state index contributed by atoms with van der Waals surface area (Å²) >= 11 is 5.98. The molecule has 2 heterocycles. The molecule has 0 spiro atoms. The molecule has 0 saturated heterocycles. The highest BCUT2D eigenvalue weighted by Gasteiger charge is 2.34. The highest BCUT2D eigenvalue weighted by molar-refractivity contribution is 6.30. The fraction of sp³-hybridized carbons (Fsp3) is 0.231. The van der Waals surface area contributed by atoms with Crippen molar-refractivity contribution in [2.75, 3.05) is 5.32 Å². The molecule has 172 valence electrons. The number of carbonyl (C=O) groups is 2. The molecule has 2 aliphatic rings. The molecule has 0 saturated carbocycles. The number of amides is 1. The van der Waals surface area contributed by atoms with Crippen LogP contribution in [0.1, 0.15) is 30.7 Å². The number of carboxylic acids is 1. The summed E-state index contributed by atoms with van der Waals surface area (Å²) in [5.74, 6) is -2.12. The smallest absolute Gasteiger partial charge is 0.307 e. The number of halogens is 1. The molecule has 1 aromatic heterocycles. The van der Waals surface area contributed by atoms with E-state index in [-0.39, 0.29) is 11.5 Å². The number of hydrogen-bond acceptors (Lipinski definition) is 4. The lowest BCUT2D eigenvalue weighted by Gasteiger charge is -2.24. The maximum atomic E-state index is 13.1. The van der Waals surface area contributed by atoms with Gasteiger partial charge in [-0.05, 0) is 66.8 Å². The molecular formula is C26H22ClN3O4. The SMILES string of the molecule is O=C(Nc1ccc2c(=O)n3c(nc2c1)C(=Cc1ccc(Cl)cc1)CC3)[C@H]1CC=CC[C@H]1C(=O)O. The Morgan fingerprint density at radius 3 is 2.56 bits per heavy atom. The average Bonchev–Trinajstić information content (AvgIpc) is 3.23. The molecule has 0 bridgehead atoms. The minimum Gasteiger partial charge on any atom is -0.481 e. The third kappa shape index (κ3) is 4.15. The van der Waals surface area contributed by atoms with Gasteiger partial charge in [0, 0.05) is 17.3 Å². The van der Waals surface area contributed by atoms with E-state index in [0.29, 0.717) is 53.2 Å². The van der Waals surface area contributed by atoms with Gasteiger partial charge in [0.15, 0.2) is 0 Å². The molecular weight excluding hydrogens is 454 g/mol. The van der Waals surface area contributed by atoms with Gasteiger partial charge in [-0.15, -0.1) is 0 Å². The van der Waals surface area contributed by atoms with E-state index in [2.05, 4.69) is 5.32 Å². The Bertz CT molecular complexity index is 1420. The highest BCUT2D eigenvalue weighted by Crippen LogP contribution is 2.30. The second-order valence-electron chi connectivity index (χ2n) is 8.58. The summed E-state index contributed by atoms with van der Waals surface area (Å²) in [6.45, 7) is 0.556. The maximum Gasteiger partial charge on any atom is 0.307 e. The highest BCUT2D eigenvalue weighted by atomic mass is 35.5. The maximum absolute atomic E-state index is 13.1. The lowest BCUT2D eigenvalue weighted by atomic mass is 9.82. The van der Waals surface area contributed by atoms with E-state index < -0.39 is 17.8 Å². The first-order valence-electron chi connectivity index (χ1n) is 11.1. The van der Waals surface area contributed by atoms with Crippen LogP contribution < -0.4 is 10.9 Å².